The Balaban J connectivity index is 2.43. The van der Waals surface area contributed by atoms with Crippen LogP contribution in [0.1, 0.15) is 5.56 Å². The molecule has 3 heteroatoms. The van der Waals surface area contributed by atoms with Gasteiger partial charge in [0.25, 0.3) is 0 Å². The second-order valence-electron chi connectivity index (χ2n) is 3.61. The maximum absolute atomic E-state index is 5.08. The first-order valence-electron chi connectivity index (χ1n) is 5.01. The minimum absolute atomic E-state index is 0.832. The van der Waals surface area contributed by atoms with Gasteiger partial charge in [0.15, 0.2) is 0 Å². The van der Waals surface area contributed by atoms with Crippen molar-refractivity contribution in [3.8, 4) is 5.75 Å². The monoisotopic (exact) mass is 206 g/mol. The Labute approximate surface area is 91.4 Å². The van der Waals surface area contributed by atoms with Gasteiger partial charge < -0.3 is 9.64 Å². The van der Waals surface area contributed by atoms with E-state index < -0.39 is 0 Å². The smallest absolute Gasteiger partial charge is 0.118 e. The molecule has 0 spiro atoms. The van der Waals surface area contributed by atoms with E-state index in [1.807, 2.05) is 44.6 Å². The summed E-state index contributed by atoms with van der Waals surface area (Å²) in [5, 5.41) is 0. The fraction of sp³-hybridized carbons (Fsp3) is 0.417. The van der Waals surface area contributed by atoms with Gasteiger partial charge >= 0.3 is 0 Å². The van der Waals surface area contributed by atoms with Gasteiger partial charge in [-0.05, 0) is 43.9 Å². The number of hydrogen-bond donors (Lipinski definition) is 0. The van der Waals surface area contributed by atoms with Crippen LogP contribution in [0.3, 0.4) is 0 Å². The van der Waals surface area contributed by atoms with E-state index >= 15 is 0 Å². The van der Waals surface area contributed by atoms with Gasteiger partial charge in [-0.15, -0.1) is 0 Å². The van der Waals surface area contributed by atoms with E-state index in [1.165, 1.54) is 0 Å². The van der Waals surface area contributed by atoms with Gasteiger partial charge in [-0.1, -0.05) is 0 Å². The number of ether oxygens (including phenoxy) is 1. The summed E-state index contributed by atoms with van der Waals surface area (Å²) in [5.74, 6) is 0.875. The van der Waals surface area contributed by atoms with Crippen LogP contribution in [0.2, 0.25) is 0 Å². The third-order valence-corrected chi connectivity index (χ3v) is 2.03. The first-order chi connectivity index (χ1) is 7.22. The quantitative estimate of drug-likeness (QED) is 0.685. The van der Waals surface area contributed by atoms with Crippen LogP contribution in [0.15, 0.2) is 29.3 Å². The van der Waals surface area contributed by atoms with Gasteiger partial charge in [-0.25, -0.2) is 0 Å². The summed E-state index contributed by atoms with van der Waals surface area (Å²) in [5.41, 5.74) is 1.11. The number of likely N-dealkylation sites (N-methyl/N-ethyl adjacent to an activating group) is 1. The number of rotatable bonds is 5. The van der Waals surface area contributed by atoms with Crippen molar-refractivity contribution in [2.75, 3.05) is 34.3 Å². The maximum atomic E-state index is 5.08. The molecule has 3 nitrogen and oxygen atoms in total. The van der Waals surface area contributed by atoms with Crippen LogP contribution in [0.25, 0.3) is 0 Å². The number of aliphatic imine (C=N–C) groups is 1. The second-order valence-corrected chi connectivity index (χ2v) is 3.61. The summed E-state index contributed by atoms with van der Waals surface area (Å²) in [7, 11) is 5.76. The van der Waals surface area contributed by atoms with Crippen LogP contribution >= 0.6 is 0 Å². The zero-order chi connectivity index (χ0) is 11.1. The van der Waals surface area contributed by atoms with Crippen molar-refractivity contribution in [1.82, 2.24) is 4.90 Å². The fourth-order valence-electron chi connectivity index (χ4n) is 1.12. The molecule has 1 aromatic carbocycles. The molecule has 0 aromatic heterocycles. The Bertz CT molecular complexity index is 304. The molecule has 1 aromatic rings. The highest BCUT2D eigenvalue weighted by atomic mass is 16.5. The molecule has 1 rings (SSSR count). The van der Waals surface area contributed by atoms with Crippen molar-refractivity contribution in [3.63, 3.8) is 0 Å². The van der Waals surface area contributed by atoms with E-state index in [4.69, 9.17) is 4.74 Å². The van der Waals surface area contributed by atoms with Crippen molar-refractivity contribution < 1.29 is 4.74 Å². The van der Waals surface area contributed by atoms with Gasteiger partial charge in [-0.3, -0.25) is 4.99 Å². The van der Waals surface area contributed by atoms with Crippen molar-refractivity contribution in [1.29, 1.82) is 0 Å². The molecule has 0 N–H and O–H groups in total. The number of hydrogen-bond acceptors (Lipinski definition) is 3. The summed E-state index contributed by atoms with van der Waals surface area (Å²) in [6, 6.07) is 7.87. The second kappa shape index (κ2) is 6.19. The Hall–Kier alpha value is -1.35. The standard InChI is InChI=1S/C12H18N2O/c1-14(2)9-8-13-10-11-4-6-12(15-3)7-5-11/h4-7,10H,8-9H2,1-3H3. The van der Waals surface area contributed by atoms with E-state index in [0.717, 1.165) is 24.4 Å². The Kier molecular flexibility index (Phi) is 4.84. The van der Waals surface area contributed by atoms with Crippen LogP contribution in [0, 0.1) is 0 Å². The van der Waals surface area contributed by atoms with E-state index in [2.05, 4.69) is 9.89 Å². The molecule has 0 heterocycles. The molecular weight excluding hydrogens is 188 g/mol. The maximum Gasteiger partial charge on any atom is 0.118 e. The molecule has 0 bridgehead atoms. The van der Waals surface area contributed by atoms with Crippen LogP contribution < -0.4 is 4.74 Å². The lowest BCUT2D eigenvalue weighted by molar-refractivity contribution is 0.415. The number of nitrogens with zero attached hydrogens (tertiary/aromatic N) is 2. The molecule has 15 heavy (non-hydrogen) atoms. The summed E-state index contributed by atoms with van der Waals surface area (Å²) in [4.78, 5) is 6.45. The third kappa shape index (κ3) is 4.61. The Morgan fingerprint density at radius 1 is 1.27 bits per heavy atom. The molecule has 0 aliphatic heterocycles. The highest BCUT2D eigenvalue weighted by Crippen LogP contribution is 2.09. The first kappa shape index (κ1) is 11.7. The largest absolute Gasteiger partial charge is 0.497 e. The number of benzene rings is 1. The molecule has 0 radical (unpaired) electrons. The van der Waals surface area contributed by atoms with E-state index in [1.54, 1.807) is 7.11 Å². The summed E-state index contributed by atoms with van der Waals surface area (Å²) < 4.78 is 5.08. The lowest BCUT2D eigenvalue weighted by atomic mass is 10.2. The average molecular weight is 206 g/mol. The van der Waals surface area contributed by atoms with Crippen molar-refractivity contribution in [2.45, 2.75) is 0 Å². The summed E-state index contributed by atoms with van der Waals surface area (Å²) >= 11 is 0. The van der Waals surface area contributed by atoms with Crippen molar-refractivity contribution in [2.24, 2.45) is 4.99 Å². The van der Waals surface area contributed by atoms with Gasteiger partial charge in [0.05, 0.1) is 13.7 Å². The lowest BCUT2D eigenvalue weighted by Gasteiger charge is -2.05. The predicted octanol–water partition coefficient (Wildman–Crippen LogP) is 1.68. The van der Waals surface area contributed by atoms with Gasteiger partial charge in [-0.2, -0.15) is 0 Å². The molecule has 0 saturated carbocycles. The van der Waals surface area contributed by atoms with Gasteiger partial charge in [0.1, 0.15) is 5.75 Å². The van der Waals surface area contributed by atoms with Crippen LogP contribution in [-0.2, 0) is 0 Å². The zero-order valence-electron chi connectivity index (χ0n) is 9.60. The van der Waals surface area contributed by atoms with Gasteiger partial charge in [0.2, 0.25) is 0 Å². The first-order valence-corrected chi connectivity index (χ1v) is 5.01. The van der Waals surface area contributed by atoms with Crippen molar-refractivity contribution in [3.05, 3.63) is 29.8 Å². The molecule has 82 valence electrons. The molecule has 0 aliphatic rings. The summed E-state index contributed by atoms with van der Waals surface area (Å²) in [6.45, 7) is 1.81. The minimum atomic E-state index is 0.832. The third-order valence-electron chi connectivity index (χ3n) is 2.03. The molecule has 0 saturated heterocycles. The highest BCUT2D eigenvalue weighted by Gasteiger charge is 1.90. The van der Waals surface area contributed by atoms with Crippen LogP contribution in [-0.4, -0.2) is 45.4 Å². The topological polar surface area (TPSA) is 24.8 Å². The fourth-order valence-corrected chi connectivity index (χ4v) is 1.12. The molecule has 0 aliphatic carbocycles. The van der Waals surface area contributed by atoms with Crippen molar-refractivity contribution >= 4 is 6.21 Å². The van der Waals surface area contributed by atoms with E-state index in [-0.39, 0.29) is 0 Å². The van der Waals surface area contributed by atoms with Crippen LogP contribution in [0.4, 0.5) is 0 Å². The molecule has 0 unspecified atom stereocenters. The molecule has 0 fully saturated rings. The van der Waals surface area contributed by atoms with E-state index in [0.29, 0.717) is 0 Å². The number of methoxy groups -OCH3 is 1. The lowest BCUT2D eigenvalue weighted by Crippen LogP contribution is -2.15. The van der Waals surface area contributed by atoms with Crippen LogP contribution in [0.5, 0.6) is 5.75 Å². The average Bonchev–Trinajstić information content (AvgIpc) is 2.25. The minimum Gasteiger partial charge on any atom is -0.497 e. The SMILES string of the molecule is COc1ccc(C=NCCN(C)C)cc1. The molecule has 0 amide bonds. The van der Waals surface area contributed by atoms with E-state index in [9.17, 15) is 0 Å². The Morgan fingerprint density at radius 3 is 2.47 bits per heavy atom. The zero-order valence-corrected chi connectivity index (χ0v) is 9.60. The predicted molar refractivity (Wildman–Crippen MR) is 64.0 cm³/mol. The highest BCUT2D eigenvalue weighted by molar-refractivity contribution is 5.79. The van der Waals surface area contributed by atoms with Gasteiger partial charge in [0, 0.05) is 12.8 Å². The molecular formula is C12H18N2O. The Morgan fingerprint density at radius 2 is 1.93 bits per heavy atom. The molecule has 0 atom stereocenters. The summed E-state index contributed by atoms with van der Waals surface area (Å²) in [6.07, 6.45) is 1.89. The normalized spacial score (nSPS) is 11.2.